The number of amides is 1. The molecule has 0 aromatic heterocycles. The van der Waals surface area contributed by atoms with Crippen molar-refractivity contribution in [3.63, 3.8) is 0 Å². The number of rotatable bonds is 3. The van der Waals surface area contributed by atoms with Crippen molar-refractivity contribution in [2.75, 3.05) is 13.2 Å². The van der Waals surface area contributed by atoms with Crippen LogP contribution in [0, 0.1) is 0 Å². The summed E-state index contributed by atoms with van der Waals surface area (Å²) in [5.74, 6) is 0.644. The third kappa shape index (κ3) is 3.13. The standard InChI is InChI=1S/C12H13BrFNO3/c13-8-1-3-11(4-2-8)18-7-10-5-9(14)6-15(10)12(16)17/h1-4,9-10H,5-7H2,(H,16,17)/t9-,10-/m0/s1. The van der Waals surface area contributed by atoms with Crippen molar-refractivity contribution >= 4 is 22.0 Å². The molecule has 0 unspecified atom stereocenters. The summed E-state index contributed by atoms with van der Waals surface area (Å²) in [6.07, 6.45) is -2.00. The van der Waals surface area contributed by atoms with E-state index < -0.39 is 18.3 Å². The number of ether oxygens (including phenoxy) is 1. The molecule has 1 amide bonds. The van der Waals surface area contributed by atoms with Crippen molar-refractivity contribution in [2.24, 2.45) is 0 Å². The second kappa shape index (κ2) is 5.56. The summed E-state index contributed by atoms with van der Waals surface area (Å²) in [5, 5.41) is 8.93. The molecule has 1 saturated heterocycles. The first kappa shape index (κ1) is 13.1. The van der Waals surface area contributed by atoms with E-state index in [4.69, 9.17) is 9.84 Å². The van der Waals surface area contributed by atoms with Crippen LogP contribution in [0.5, 0.6) is 5.75 Å². The molecule has 1 fully saturated rings. The minimum atomic E-state index is -1.10. The molecule has 1 N–H and O–H groups in total. The van der Waals surface area contributed by atoms with Crippen LogP contribution in [-0.4, -0.2) is 41.5 Å². The van der Waals surface area contributed by atoms with Crippen molar-refractivity contribution in [1.29, 1.82) is 0 Å². The molecule has 0 saturated carbocycles. The fraction of sp³-hybridized carbons (Fsp3) is 0.417. The lowest BCUT2D eigenvalue weighted by Gasteiger charge is -2.21. The van der Waals surface area contributed by atoms with Crippen LogP contribution in [0.1, 0.15) is 6.42 Å². The molecule has 1 heterocycles. The molecule has 0 radical (unpaired) electrons. The number of benzene rings is 1. The second-order valence-corrected chi connectivity index (χ2v) is 5.10. The average molecular weight is 318 g/mol. The van der Waals surface area contributed by atoms with Gasteiger partial charge in [-0.3, -0.25) is 4.90 Å². The molecular formula is C12H13BrFNO3. The smallest absolute Gasteiger partial charge is 0.407 e. The van der Waals surface area contributed by atoms with Crippen LogP contribution in [-0.2, 0) is 0 Å². The SMILES string of the molecule is O=C(O)N1C[C@@H](F)C[C@H]1COc1ccc(Br)cc1. The molecule has 6 heteroatoms. The largest absolute Gasteiger partial charge is 0.491 e. The highest BCUT2D eigenvalue weighted by molar-refractivity contribution is 9.10. The number of alkyl halides is 1. The van der Waals surface area contributed by atoms with Gasteiger partial charge in [-0.15, -0.1) is 0 Å². The summed E-state index contributed by atoms with van der Waals surface area (Å²) in [5.41, 5.74) is 0. The Balaban J connectivity index is 1.93. The predicted octanol–water partition coefficient (Wildman–Crippen LogP) is 2.92. The molecule has 2 rings (SSSR count). The Kier molecular flexibility index (Phi) is 4.06. The van der Waals surface area contributed by atoms with E-state index in [9.17, 15) is 9.18 Å². The number of carbonyl (C=O) groups is 1. The Hall–Kier alpha value is -1.30. The van der Waals surface area contributed by atoms with Gasteiger partial charge >= 0.3 is 6.09 Å². The fourth-order valence-corrected chi connectivity index (χ4v) is 2.24. The van der Waals surface area contributed by atoms with Gasteiger partial charge in [0, 0.05) is 10.9 Å². The van der Waals surface area contributed by atoms with Crippen LogP contribution in [0.4, 0.5) is 9.18 Å². The van der Waals surface area contributed by atoms with Gasteiger partial charge in [0.05, 0.1) is 12.6 Å². The number of hydrogen-bond donors (Lipinski definition) is 1. The zero-order valence-electron chi connectivity index (χ0n) is 9.55. The fourth-order valence-electron chi connectivity index (χ4n) is 1.98. The molecule has 1 aromatic carbocycles. The Morgan fingerprint density at radius 2 is 2.17 bits per heavy atom. The highest BCUT2D eigenvalue weighted by Crippen LogP contribution is 2.22. The first-order chi connectivity index (χ1) is 8.56. The van der Waals surface area contributed by atoms with Gasteiger partial charge in [0.25, 0.3) is 0 Å². The van der Waals surface area contributed by atoms with E-state index in [-0.39, 0.29) is 19.6 Å². The Morgan fingerprint density at radius 3 is 2.78 bits per heavy atom. The molecule has 4 nitrogen and oxygen atoms in total. The van der Waals surface area contributed by atoms with Gasteiger partial charge in [0.1, 0.15) is 18.5 Å². The summed E-state index contributed by atoms with van der Waals surface area (Å²) < 4.78 is 19.6. The number of hydrogen-bond acceptors (Lipinski definition) is 2. The molecule has 98 valence electrons. The van der Waals surface area contributed by atoms with Crippen molar-refractivity contribution in [1.82, 2.24) is 4.90 Å². The van der Waals surface area contributed by atoms with E-state index in [0.717, 1.165) is 9.37 Å². The van der Waals surface area contributed by atoms with Crippen molar-refractivity contribution in [2.45, 2.75) is 18.6 Å². The first-order valence-corrected chi connectivity index (χ1v) is 6.37. The lowest BCUT2D eigenvalue weighted by Crippen LogP contribution is -2.38. The van der Waals surface area contributed by atoms with E-state index in [1.807, 2.05) is 12.1 Å². The van der Waals surface area contributed by atoms with Crippen LogP contribution >= 0.6 is 15.9 Å². The van der Waals surface area contributed by atoms with E-state index >= 15 is 0 Å². The van der Waals surface area contributed by atoms with E-state index in [1.165, 1.54) is 0 Å². The van der Waals surface area contributed by atoms with Crippen molar-refractivity contribution in [3.8, 4) is 5.75 Å². The highest BCUT2D eigenvalue weighted by Gasteiger charge is 2.35. The van der Waals surface area contributed by atoms with Crippen LogP contribution in [0.3, 0.4) is 0 Å². The number of halogens is 2. The van der Waals surface area contributed by atoms with Crippen LogP contribution < -0.4 is 4.74 Å². The molecule has 1 aromatic rings. The highest BCUT2D eigenvalue weighted by atomic mass is 79.9. The van der Waals surface area contributed by atoms with Gasteiger partial charge < -0.3 is 9.84 Å². The average Bonchev–Trinajstić information content (AvgIpc) is 2.70. The summed E-state index contributed by atoms with van der Waals surface area (Å²) in [4.78, 5) is 12.0. The molecule has 0 spiro atoms. The Labute approximate surface area is 112 Å². The monoisotopic (exact) mass is 317 g/mol. The van der Waals surface area contributed by atoms with Crippen molar-refractivity contribution in [3.05, 3.63) is 28.7 Å². The minimum absolute atomic E-state index is 0.0658. The Bertz CT molecular complexity index is 426. The van der Waals surface area contributed by atoms with Gasteiger partial charge in [-0.25, -0.2) is 9.18 Å². The predicted molar refractivity (Wildman–Crippen MR) is 67.7 cm³/mol. The van der Waals surface area contributed by atoms with Crippen LogP contribution in [0.15, 0.2) is 28.7 Å². The van der Waals surface area contributed by atoms with Crippen LogP contribution in [0.2, 0.25) is 0 Å². The first-order valence-electron chi connectivity index (χ1n) is 5.58. The lowest BCUT2D eigenvalue weighted by atomic mass is 10.2. The molecule has 1 aliphatic rings. The quantitative estimate of drug-likeness (QED) is 0.932. The number of nitrogens with zero attached hydrogens (tertiary/aromatic N) is 1. The number of carboxylic acid groups (broad SMARTS) is 1. The summed E-state index contributed by atoms with van der Waals surface area (Å²) in [6, 6.07) is 6.79. The maximum atomic E-state index is 13.2. The zero-order valence-corrected chi connectivity index (χ0v) is 11.1. The molecule has 0 aliphatic carbocycles. The van der Waals surface area contributed by atoms with Gasteiger partial charge in [-0.05, 0) is 24.3 Å². The third-order valence-corrected chi connectivity index (χ3v) is 3.39. The van der Waals surface area contributed by atoms with Gasteiger partial charge in [-0.1, -0.05) is 15.9 Å². The summed E-state index contributed by atoms with van der Waals surface area (Å²) >= 11 is 3.31. The molecule has 1 aliphatic heterocycles. The van der Waals surface area contributed by atoms with Gasteiger partial charge in [0.2, 0.25) is 0 Å². The van der Waals surface area contributed by atoms with Crippen LogP contribution in [0.25, 0.3) is 0 Å². The van der Waals surface area contributed by atoms with Gasteiger partial charge in [0.15, 0.2) is 0 Å². The number of likely N-dealkylation sites (tertiary alicyclic amines) is 1. The maximum Gasteiger partial charge on any atom is 0.407 e. The second-order valence-electron chi connectivity index (χ2n) is 4.19. The lowest BCUT2D eigenvalue weighted by molar-refractivity contribution is 0.122. The Morgan fingerprint density at radius 1 is 1.50 bits per heavy atom. The summed E-state index contributed by atoms with van der Waals surface area (Å²) in [6.45, 7) is 0.109. The van der Waals surface area contributed by atoms with E-state index in [2.05, 4.69) is 15.9 Å². The molecule has 2 atom stereocenters. The molecule has 18 heavy (non-hydrogen) atoms. The molecule has 0 bridgehead atoms. The third-order valence-electron chi connectivity index (χ3n) is 2.87. The van der Waals surface area contributed by atoms with Gasteiger partial charge in [-0.2, -0.15) is 0 Å². The minimum Gasteiger partial charge on any atom is -0.491 e. The zero-order chi connectivity index (χ0) is 13.1. The normalized spacial score (nSPS) is 23.1. The summed E-state index contributed by atoms with van der Waals surface area (Å²) in [7, 11) is 0. The maximum absolute atomic E-state index is 13.2. The van der Waals surface area contributed by atoms with E-state index in [1.54, 1.807) is 12.1 Å². The molecular weight excluding hydrogens is 305 g/mol. The van der Waals surface area contributed by atoms with Crippen molar-refractivity contribution < 1.29 is 19.0 Å². The van der Waals surface area contributed by atoms with E-state index in [0.29, 0.717) is 5.75 Å². The topological polar surface area (TPSA) is 49.8 Å².